The molecular weight excluding hydrogens is 270 g/mol. The summed E-state index contributed by atoms with van der Waals surface area (Å²) in [4.78, 5) is 0. The first-order valence-electron chi connectivity index (χ1n) is 8.09. The van der Waals surface area contributed by atoms with Gasteiger partial charge in [-0.05, 0) is 56.4 Å². The Kier molecular flexibility index (Phi) is 4.37. The number of halogens is 1. The predicted octanol–water partition coefficient (Wildman–Crippen LogP) is 3.94. The standard InChI is InChI=1S/C16H26ClN3/c1-3-6-18-15(16-14(17)10-19-20(16)2)9-13-8-11-4-5-12(13)7-11/h10-13,15,18H,3-9H2,1-2H3. The van der Waals surface area contributed by atoms with E-state index in [1.54, 1.807) is 6.20 Å². The summed E-state index contributed by atoms with van der Waals surface area (Å²) in [5.41, 5.74) is 1.17. The fourth-order valence-corrected chi connectivity index (χ4v) is 4.69. The van der Waals surface area contributed by atoms with Gasteiger partial charge in [0, 0.05) is 7.05 Å². The van der Waals surface area contributed by atoms with Crippen LogP contribution in [0.3, 0.4) is 0 Å². The zero-order valence-corrected chi connectivity index (χ0v) is 13.4. The zero-order chi connectivity index (χ0) is 14.1. The largest absolute Gasteiger partial charge is 0.309 e. The monoisotopic (exact) mass is 295 g/mol. The van der Waals surface area contributed by atoms with E-state index in [0.717, 1.165) is 35.7 Å². The molecule has 2 aliphatic rings. The summed E-state index contributed by atoms with van der Waals surface area (Å²) in [6.45, 7) is 3.26. The van der Waals surface area contributed by atoms with Crippen molar-refractivity contribution >= 4 is 11.6 Å². The molecule has 20 heavy (non-hydrogen) atoms. The molecule has 0 amide bonds. The van der Waals surface area contributed by atoms with Gasteiger partial charge < -0.3 is 5.32 Å². The summed E-state index contributed by atoms with van der Waals surface area (Å²) < 4.78 is 1.95. The molecule has 0 spiro atoms. The van der Waals surface area contributed by atoms with Crippen molar-refractivity contribution in [3.05, 3.63) is 16.9 Å². The van der Waals surface area contributed by atoms with Crippen LogP contribution >= 0.6 is 11.6 Å². The van der Waals surface area contributed by atoms with E-state index >= 15 is 0 Å². The molecule has 4 unspecified atom stereocenters. The molecular formula is C16H26ClN3. The molecule has 0 saturated heterocycles. The fraction of sp³-hybridized carbons (Fsp3) is 0.812. The molecule has 1 aromatic rings. The first-order valence-corrected chi connectivity index (χ1v) is 8.47. The van der Waals surface area contributed by atoms with Crippen LogP contribution < -0.4 is 5.32 Å². The normalized spacial score (nSPS) is 30.1. The van der Waals surface area contributed by atoms with Crippen molar-refractivity contribution in [3.8, 4) is 0 Å². The average molecular weight is 296 g/mol. The number of hydrogen-bond donors (Lipinski definition) is 1. The van der Waals surface area contributed by atoms with E-state index in [0.29, 0.717) is 6.04 Å². The lowest BCUT2D eigenvalue weighted by Gasteiger charge is -2.28. The number of aryl methyl sites for hydroxylation is 1. The summed E-state index contributed by atoms with van der Waals surface area (Å²) in [6, 6.07) is 0.360. The highest BCUT2D eigenvalue weighted by Crippen LogP contribution is 2.51. The van der Waals surface area contributed by atoms with Crippen LogP contribution in [0, 0.1) is 17.8 Å². The van der Waals surface area contributed by atoms with Crippen molar-refractivity contribution in [2.45, 2.75) is 51.5 Å². The molecule has 1 aromatic heterocycles. The van der Waals surface area contributed by atoms with Gasteiger partial charge >= 0.3 is 0 Å². The van der Waals surface area contributed by atoms with Crippen molar-refractivity contribution < 1.29 is 0 Å². The molecule has 0 aliphatic heterocycles. The number of aromatic nitrogens is 2. The van der Waals surface area contributed by atoms with E-state index in [-0.39, 0.29) is 0 Å². The Morgan fingerprint density at radius 3 is 2.85 bits per heavy atom. The second kappa shape index (κ2) is 6.07. The van der Waals surface area contributed by atoms with Gasteiger partial charge in [-0.3, -0.25) is 4.68 Å². The summed E-state index contributed by atoms with van der Waals surface area (Å²) in [6.07, 6.45) is 9.99. The number of fused-ring (bicyclic) bond motifs is 2. The number of nitrogens with one attached hydrogen (secondary N) is 1. The van der Waals surface area contributed by atoms with Gasteiger partial charge in [0.05, 0.1) is 23.0 Å². The molecule has 4 heteroatoms. The van der Waals surface area contributed by atoms with Crippen LogP contribution in [-0.4, -0.2) is 16.3 Å². The first kappa shape index (κ1) is 14.4. The van der Waals surface area contributed by atoms with Gasteiger partial charge in [-0.1, -0.05) is 24.9 Å². The highest BCUT2D eigenvalue weighted by molar-refractivity contribution is 6.31. The topological polar surface area (TPSA) is 29.9 Å². The van der Waals surface area contributed by atoms with Gasteiger partial charge in [0.2, 0.25) is 0 Å². The summed E-state index contributed by atoms with van der Waals surface area (Å²) in [5, 5.41) is 8.82. The van der Waals surface area contributed by atoms with E-state index in [1.165, 1.54) is 37.8 Å². The molecule has 112 valence electrons. The second-order valence-electron chi connectivity index (χ2n) is 6.68. The number of hydrogen-bond acceptors (Lipinski definition) is 2. The molecule has 2 saturated carbocycles. The third-order valence-electron chi connectivity index (χ3n) is 5.33. The molecule has 3 rings (SSSR count). The Bertz CT molecular complexity index is 437. The van der Waals surface area contributed by atoms with Gasteiger partial charge in [-0.25, -0.2) is 0 Å². The molecule has 0 aromatic carbocycles. The molecule has 2 aliphatic carbocycles. The van der Waals surface area contributed by atoms with Crippen molar-refractivity contribution in [1.82, 2.24) is 15.1 Å². The van der Waals surface area contributed by atoms with Crippen molar-refractivity contribution in [3.63, 3.8) is 0 Å². The molecule has 0 radical (unpaired) electrons. The van der Waals surface area contributed by atoms with Crippen LogP contribution in [0.15, 0.2) is 6.20 Å². The van der Waals surface area contributed by atoms with Crippen molar-refractivity contribution in [1.29, 1.82) is 0 Å². The van der Waals surface area contributed by atoms with Crippen LogP contribution in [0.4, 0.5) is 0 Å². The highest BCUT2D eigenvalue weighted by Gasteiger charge is 2.40. The van der Waals surface area contributed by atoms with E-state index in [2.05, 4.69) is 17.3 Å². The lowest BCUT2D eigenvalue weighted by atomic mass is 9.83. The molecule has 1 N–H and O–H groups in total. The van der Waals surface area contributed by atoms with Gasteiger partial charge in [0.25, 0.3) is 0 Å². The Labute approximate surface area is 127 Å². The minimum Gasteiger partial charge on any atom is -0.309 e. The molecule has 4 atom stereocenters. The maximum absolute atomic E-state index is 6.36. The maximum Gasteiger partial charge on any atom is 0.0834 e. The van der Waals surface area contributed by atoms with E-state index < -0.39 is 0 Å². The molecule has 2 bridgehead atoms. The van der Waals surface area contributed by atoms with Crippen LogP contribution in [-0.2, 0) is 7.05 Å². The van der Waals surface area contributed by atoms with E-state index in [1.807, 2.05) is 11.7 Å². The summed E-state index contributed by atoms with van der Waals surface area (Å²) >= 11 is 6.36. The summed E-state index contributed by atoms with van der Waals surface area (Å²) in [7, 11) is 2.00. The van der Waals surface area contributed by atoms with Gasteiger partial charge in [0.15, 0.2) is 0 Å². The smallest absolute Gasteiger partial charge is 0.0834 e. The number of nitrogens with zero attached hydrogens (tertiary/aromatic N) is 2. The molecule has 1 heterocycles. The SMILES string of the molecule is CCCNC(CC1CC2CCC1C2)c1c(Cl)cnn1C. The third-order valence-corrected chi connectivity index (χ3v) is 5.62. The van der Waals surface area contributed by atoms with Crippen molar-refractivity contribution in [2.24, 2.45) is 24.8 Å². The van der Waals surface area contributed by atoms with Crippen molar-refractivity contribution in [2.75, 3.05) is 6.54 Å². The van der Waals surface area contributed by atoms with Gasteiger partial charge in [-0.15, -0.1) is 0 Å². The highest BCUT2D eigenvalue weighted by atomic mass is 35.5. The second-order valence-corrected chi connectivity index (χ2v) is 7.09. The quantitative estimate of drug-likeness (QED) is 0.861. The summed E-state index contributed by atoms with van der Waals surface area (Å²) in [5.74, 6) is 2.87. The van der Waals surface area contributed by atoms with Crippen LogP contribution in [0.5, 0.6) is 0 Å². The lowest BCUT2D eigenvalue weighted by Crippen LogP contribution is -2.28. The zero-order valence-electron chi connectivity index (χ0n) is 12.6. The van der Waals surface area contributed by atoms with Gasteiger partial charge in [-0.2, -0.15) is 5.10 Å². The van der Waals surface area contributed by atoms with Crippen LogP contribution in [0.2, 0.25) is 5.02 Å². The van der Waals surface area contributed by atoms with Crippen LogP contribution in [0.1, 0.15) is 57.2 Å². The van der Waals surface area contributed by atoms with Gasteiger partial charge in [0.1, 0.15) is 0 Å². The molecule has 2 fully saturated rings. The first-order chi connectivity index (χ1) is 9.69. The Morgan fingerprint density at radius 1 is 1.45 bits per heavy atom. The lowest BCUT2D eigenvalue weighted by molar-refractivity contribution is 0.274. The minimum atomic E-state index is 0.360. The van der Waals surface area contributed by atoms with E-state index in [4.69, 9.17) is 11.6 Å². The Morgan fingerprint density at radius 2 is 2.30 bits per heavy atom. The predicted molar refractivity (Wildman–Crippen MR) is 82.8 cm³/mol. The average Bonchev–Trinajstić information content (AvgIpc) is 3.12. The maximum atomic E-state index is 6.36. The Hall–Kier alpha value is -0.540. The third kappa shape index (κ3) is 2.75. The molecule has 3 nitrogen and oxygen atoms in total. The number of rotatable bonds is 6. The Balaban J connectivity index is 1.73. The minimum absolute atomic E-state index is 0.360. The van der Waals surface area contributed by atoms with E-state index in [9.17, 15) is 0 Å². The fourth-order valence-electron chi connectivity index (χ4n) is 4.39. The van der Waals surface area contributed by atoms with Crippen LogP contribution in [0.25, 0.3) is 0 Å².